The number of nitrogens with zero attached hydrogens (tertiary/aromatic N) is 3. The van der Waals surface area contributed by atoms with Gasteiger partial charge in [-0.25, -0.2) is 9.97 Å². The fourth-order valence-corrected chi connectivity index (χ4v) is 2.22. The zero-order valence-electron chi connectivity index (χ0n) is 11.9. The molecule has 0 aromatic carbocycles. The average molecular weight is 264 g/mol. The number of hydrogen-bond donors (Lipinski definition) is 2. The van der Waals surface area contributed by atoms with Gasteiger partial charge in [0.05, 0.1) is 6.61 Å². The van der Waals surface area contributed by atoms with Crippen LogP contribution in [0.5, 0.6) is 0 Å². The van der Waals surface area contributed by atoms with Gasteiger partial charge in [0.1, 0.15) is 17.5 Å². The van der Waals surface area contributed by atoms with Crippen molar-refractivity contribution in [2.45, 2.75) is 45.6 Å². The largest absolute Gasteiger partial charge is 0.395 e. The molecule has 106 valence electrons. The minimum atomic E-state index is 0.167. The maximum Gasteiger partial charge on any atom is 0.134 e. The van der Waals surface area contributed by atoms with E-state index in [0.717, 1.165) is 36.8 Å². The SMILES string of the molecule is CCCc1nc(NCC)cc(N(CCO)C2CC2)n1. The predicted octanol–water partition coefficient (Wildman–Crippen LogP) is 1.82. The van der Waals surface area contributed by atoms with Gasteiger partial charge in [-0.15, -0.1) is 0 Å². The number of anilines is 2. The first-order valence-corrected chi connectivity index (χ1v) is 7.27. The Morgan fingerprint density at radius 3 is 2.74 bits per heavy atom. The van der Waals surface area contributed by atoms with E-state index in [1.165, 1.54) is 12.8 Å². The molecule has 1 saturated carbocycles. The van der Waals surface area contributed by atoms with Crippen LogP contribution in [-0.2, 0) is 6.42 Å². The Labute approximate surface area is 115 Å². The molecule has 1 aromatic rings. The van der Waals surface area contributed by atoms with Crippen molar-refractivity contribution < 1.29 is 5.11 Å². The minimum absolute atomic E-state index is 0.167. The van der Waals surface area contributed by atoms with Crippen LogP contribution in [0.1, 0.15) is 38.9 Å². The van der Waals surface area contributed by atoms with Gasteiger partial charge in [-0.1, -0.05) is 6.92 Å². The van der Waals surface area contributed by atoms with Gasteiger partial charge in [0, 0.05) is 31.6 Å². The van der Waals surface area contributed by atoms with Crippen molar-refractivity contribution in [2.24, 2.45) is 0 Å². The molecule has 0 atom stereocenters. The molecule has 0 bridgehead atoms. The van der Waals surface area contributed by atoms with Crippen LogP contribution in [0.3, 0.4) is 0 Å². The van der Waals surface area contributed by atoms with E-state index in [9.17, 15) is 5.11 Å². The molecule has 2 rings (SSSR count). The zero-order valence-corrected chi connectivity index (χ0v) is 11.9. The van der Waals surface area contributed by atoms with Crippen LogP contribution in [0.2, 0.25) is 0 Å². The second-order valence-corrected chi connectivity index (χ2v) is 4.96. The van der Waals surface area contributed by atoms with Crippen LogP contribution in [0.25, 0.3) is 0 Å². The maximum atomic E-state index is 9.22. The molecule has 0 radical (unpaired) electrons. The molecule has 0 saturated heterocycles. The Bertz CT molecular complexity index is 382. The smallest absolute Gasteiger partial charge is 0.134 e. The average Bonchev–Trinajstić information content (AvgIpc) is 3.21. The first-order chi connectivity index (χ1) is 9.28. The molecule has 2 N–H and O–H groups in total. The number of hydrogen-bond acceptors (Lipinski definition) is 5. The number of aryl methyl sites for hydroxylation is 1. The lowest BCUT2D eigenvalue weighted by Gasteiger charge is -2.23. The van der Waals surface area contributed by atoms with E-state index in [1.807, 2.05) is 6.07 Å². The second kappa shape index (κ2) is 6.70. The van der Waals surface area contributed by atoms with Crippen LogP contribution >= 0.6 is 0 Å². The number of aromatic nitrogens is 2. The molecule has 1 aliphatic rings. The van der Waals surface area contributed by atoms with Crippen LogP contribution in [0.15, 0.2) is 6.07 Å². The highest BCUT2D eigenvalue weighted by atomic mass is 16.3. The lowest BCUT2D eigenvalue weighted by atomic mass is 10.3. The van der Waals surface area contributed by atoms with Crippen molar-refractivity contribution in [3.8, 4) is 0 Å². The summed E-state index contributed by atoms with van der Waals surface area (Å²) in [5, 5.41) is 12.5. The number of rotatable bonds is 8. The van der Waals surface area contributed by atoms with E-state index in [4.69, 9.17) is 0 Å². The van der Waals surface area contributed by atoms with E-state index in [1.54, 1.807) is 0 Å². The monoisotopic (exact) mass is 264 g/mol. The van der Waals surface area contributed by atoms with Crippen molar-refractivity contribution >= 4 is 11.6 Å². The molecule has 5 nitrogen and oxygen atoms in total. The first-order valence-electron chi connectivity index (χ1n) is 7.27. The molecule has 1 fully saturated rings. The van der Waals surface area contributed by atoms with Crippen molar-refractivity contribution in [1.29, 1.82) is 0 Å². The lowest BCUT2D eigenvalue weighted by Crippen LogP contribution is -2.30. The molecule has 1 aliphatic carbocycles. The molecule has 19 heavy (non-hydrogen) atoms. The molecular formula is C14H24N4O. The Kier molecular flexibility index (Phi) is 4.96. The fourth-order valence-electron chi connectivity index (χ4n) is 2.22. The van der Waals surface area contributed by atoms with E-state index in [2.05, 4.69) is 34.0 Å². The molecule has 0 aliphatic heterocycles. The Morgan fingerprint density at radius 1 is 1.37 bits per heavy atom. The predicted molar refractivity (Wildman–Crippen MR) is 77.6 cm³/mol. The third-order valence-electron chi connectivity index (χ3n) is 3.21. The summed E-state index contributed by atoms with van der Waals surface area (Å²) < 4.78 is 0. The molecule has 0 spiro atoms. The van der Waals surface area contributed by atoms with Gasteiger partial charge in [0.2, 0.25) is 0 Å². The summed E-state index contributed by atoms with van der Waals surface area (Å²) in [5.74, 6) is 2.73. The molecule has 0 unspecified atom stereocenters. The summed E-state index contributed by atoms with van der Waals surface area (Å²) in [4.78, 5) is 11.4. The molecule has 5 heteroatoms. The normalized spacial score (nSPS) is 14.5. The van der Waals surface area contributed by atoms with Gasteiger partial charge in [0.25, 0.3) is 0 Å². The topological polar surface area (TPSA) is 61.3 Å². The first kappa shape index (κ1) is 14.1. The second-order valence-electron chi connectivity index (χ2n) is 4.96. The quantitative estimate of drug-likeness (QED) is 0.750. The fraction of sp³-hybridized carbons (Fsp3) is 0.714. The summed E-state index contributed by atoms with van der Waals surface area (Å²) in [6.07, 6.45) is 4.33. The summed E-state index contributed by atoms with van der Waals surface area (Å²) >= 11 is 0. The number of aliphatic hydroxyl groups is 1. The minimum Gasteiger partial charge on any atom is -0.395 e. The third-order valence-corrected chi connectivity index (χ3v) is 3.21. The van der Waals surface area contributed by atoms with Gasteiger partial charge in [0.15, 0.2) is 0 Å². The van der Waals surface area contributed by atoms with Gasteiger partial charge in [-0.2, -0.15) is 0 Å². The molecule has 0 amide bonds. The van der Waals surface area contributed by atoms with Crippen LogP contribution < -0.4 is 10.2 Å². The third kappa shape index (κ3) is 3.80. The summed E-state index contributed by atoms with van der Waals surface area (Å²) in [6.45, 7) is 5.87. The Balaban J connectivity index is 2.24. The molecule has 1 heterocycles. The van der Waals surface area contributed by atoms with Crippen LogP contribution in [-0.4, -0.2) is 40.8 Å². The van der Waals surface area contributed by atoms with E-state index in [-0.39, 0.29) is 6.61 Å². The molecule has 1 aromatic heterocycles. The Morgan fingerprint density at radius 2 is 2.16 bits per heavy atom. The highest BCUT2D eigenvalue weighted by Gasteiger charge is 2.30. The summed E-state index contributed by atoms with van der Waals surface area (Å²) in [5.41, 5.74) is 0. The van der Waals surface area contributed by atoms with E-state index >= 15 is 0 Å². The van der Waals surface area contributed by atoms with E-state index in [0.29, 0.717) is 12.6 Å². The highest BCUT2D eigenvalue weighted by molar-refractivity contribution is 5.51. The van der Waals surface area contributed by atoms with Crippen molar-refractivity contribution in [1.82, 2.24) is 9.97 Å². The summed E-state index contributed by atoms with van der Waals surface area (Å²) in [6, 6.07) is 2.54. The van der Waals surface area contributed by atoms with Gasteiger partial charge < -0.3 is 15.3 Å². The lowest BCUT2D eigenvalue weighted by molar-refractivity contribution is 0.301. The summed E-state index contributed by atoms with van der Waals surface area (Å²) in [7, 11) is 0. The number of aliphatic hydroxyl groups excluding tert-OH is 1. The molecular weight excluding hydrogens is 240 g/mol. The van der Waals surface area contributed by atoms with E-state index < -0.39 is 0 Å². The van der Waals surface area contributed by atoms with Gasteiger partial charge in [-0.05, 0) is 26.2 Å². The Hall–Kier alpha value is -1.36. The van der Waals surface area contributed by atoms with Crippen LogP contribution in [0, 0.1) is 0 Å². The zero-order chi connectivity index (χ0) is 13.7. The maximum absolute atomic E-state index is 9.22. The van der Waals surface area contributed by atoms with Gasteiger partial charge in [-0.3, -0.25) is 0 Å². The van der Waals surface area contributed by atoms with Crippen molar-refractivity contribution in [3.05, 3.63) is 11.9 Å². The van der Waals surface area contributed by atoms with Crippen LogP contribution in [0.4, 0.5) is 11.6 Å². The highest BCUT2D eigenvalue weighted by Crippen LogP contribution is 2.31. The van der Waals surface area contributed by atoms with Crippen molar-refractivity contribution in [2.75, 3.05) is 29.9 Å². The van der Waals surface area contributed by atoms with Gasteiger partial charge >= 0.3 is 0 Å². The van der Waals surface area contributed by atoms with Crippen molar-refractivity contribution in [3.63, 3.8) is 0 Å². The number of nitrogens with one attached hydrogen (secondary N) is 1. The standard InChI is InChI=1S/C14H24N4O/c1-3-5-12-16-13(15-4-2)10-14(17-12)18(8-9-19)11-6-7-11/h10-11,19H,3-9H2,1-2H3,(H,15,16,17).